The number of phenolic OH excluding ortho intramolecular Hbond substituents is 1. The molecular weight excluding hydrogens is 435 g/mol. The number of halogens is 1. The summed E-state index contributed by atoms with van der Waals surface area (Å²) >= 11 is 0. The van der Waals surface area contributed by atoms with Gasteiger partial charge in [0, 0.05) is 11.6 Å². The van der Waals surface area contributed by atoms with Gasteiger partial charge in [0.15, 0.2) is 11.6 Å². The summed E-state index contributed by atoms with van der Waals surface area (Å²) in [5.74, 6) is 0.0712. The van der Waals surface area contributed by atoms with Crippen LogP contribution in [0.1, 0.15) is 30.3 Å². The Balaban J connectivity index is 1.85. The lowest BCUT2D eigenvalue weighted by atomic mass is 9.99. The molecule has 0 bridgehead atoms. The summed E-state index contributed by atoms with van der Waals surface area (Å²) in [4.78, 5) is 18.8. The predicted molar refractivity (Wildman–Crippen MR) is 126 cm³/mol. The summed E-state index contributed by atoms with van der Waals surface area (Å²) in [6.45, 7) is 0.785. The number of benzene rings is 3. The van der Waals surface area contributed by atoms with Gasteiger partial charge in [-0.3, -0.25) is 9.36 Å². The van der Waals surface area contributed by atoms with Crippen LogP contribution in [0, 0.1) is 17.1 Å². The third-order valence-corrected chi connectivity index (χ3v) is 6.07. The van der Waals surface area contributed by atoms with Crippen molar-refractivity contribution in [2.45, 2.75) is 18.9 Å². The highest BCUT2D eigenvalue weighted by molar-refractivity contribution is 5.94. The van der Waals surface area contributed by atoms with Gasteiger partial charge in [-0.05, 0) is 61.3 Å². The predicted octanol–water partition coefficient (Wildman–Crippen LogP) is 4.20. The number of nitriles is 1. The Kier molecular flexibility index (Phi) is 5.48. The summed E-state index contributed by atoms with van der Waals surface area (Å²) in [6.07, 6.45) is 1.70. The number of nitrogens with one attached hydrogen (secondary N) is 1. The van der Waals surface area contributed by atoms with Crippen molar-refractivity contribution in [1.29, 1.82) is 5.26 Å². The number of aromatic hydroxyl groups is 1. The van der Waals surface area contributed by atoms with Crippen LogP contribution in [0.5, 0.6) is 11.5 Å². The van der Waals surface area contributed by atoms with Crippen LogP contribution in [-0.4, -0.2) is 28.3 Å². The Morgan fingerprint density at radius 3 is 2.65 bits per heavy atom. The molecule has 2 N–H and O–H groups in total. The van der Waals surface area contributed by atoms with Gasteiger partial charge < -0.3 is 15.2 Å². The molecule has 5 rings (SSSR count). The molecule has 0 amide bonds. The van der Waals surface area contributed by atoms with Crippen LogP contribution >= 0.6 is 0 Å². The standard InChI is InChI=1S/C26H21FN4O3/c1-34-23-9-6-17(13-21(23)27)31-25(22-3-2-10-29-22)30-24-19(16-4-7-18(32)8-5-16)11-15(14-28)12-20(24)26(31)33/h4-9,11-13,22,29,32H,2-3,10H2,1H3. The molecule has 1 fully saturated rings. The molecule has 3 aromatic carbocycles. The SMILES string of the molecule is COc1ccc(-n2c(C3CCCN3)nc3c(-c4ccc(O)cc4)cc(C#N)cc3c2=O)cc1F. The molecule has 0 spiro atoms. The van der Waals surface area contributed by atoms with Crippen molar-refractivity contribution >= 4 is 10.9 Å². The molecule has 0 saturated carbocycles. The Morgan fingerprint density at radius 2 is 2.00 bits per heavy atom. The Labute approximate surface area is 194 Å². The molecule has 2 heterocycles. The number of ether oxygens (including phenoxy) is 1. The van der Waals surface area contributed by atoms with Crippen LogP contribution < -0.4 is 15.6 Å². The molecule has 1 aromatic heterocycles. The second-order valence-corrected chi connectivity index (χ2v) is 8.16. The zero-order chi connectivity index (χ0) is 23.8. The molecule has 1 unspecified atom stereocenters. The fraction of sp³-hybridized carbons (Fsp3) is 0.192. The van der Waals surface area contributed by atoms with Crippen LogP contribution in [0.4, 0.5) is 4.39 Å². The second kappa shape index (κ2) is 8.61. The molecule has 1 aliphatic heterocycles. The number of hydrogen-bond donors (Lipinski definition) is 2. The summed E-state index contributed by atoms with van der Waals surface area (Å²) in [5, 5.41) is 22.9. The molecule has 7 nitrogen and oxygen atoms in total. The maximum Gasteiger partial charge on any atom is 0.266 e. The van der Waals surface area contributed by atoms with Crippen molar-refractivity contribution in [1.82, 2.24) is 14.9 Å². The van der Waals surface area contributed by atoms with Crippen LogP contribution in [0.2, 0.25) is 0 Å². The monoisotopic (exact) mass is 456 g/mol. The van der Waals surface area contributed by atoms with Gasteiger partial charge in [-0.2, -0.15) is 5.26 Å². The normalized spacial score (nSPS) is 15.4. The van der Waals surface area contributed by atoms with Gasteiger partial charge in [-0.1, -0.05) is 12.1 Å². The van der Waals surface area contributed by atoms with Crippen LogP contribution in [0.15, 0.2) is 59.4 Å². The van der Waals surface area contributed by atoms with Crippen molar-refractivity contribution in [3.63, 3.8) is 0 Å². The fourth-order valence-corrected chi connectivity index (χ4v) is 4.42. The largest absolute Gasteiger partial charge is 0.508 e. The Bertz CT molecular complexity index is 1500. The van der Waals surface area contributed by atoms with Gasteiger partial charge in [0.25, 0.3) is 5.56 Å². The highest BCUT2D eigenvalue weighted by Crippen LogP contribution is 2.32. The van der Waals surface area contributed by atoms with Crippen molar-refractivity contribution in [2.75, 3.05) is 13.7 Å². The second-order valence-electron chi connectivity index (χ2n) is 8.16. The molecular formula is C26H21FN4O3. The first-order valence-electron chi connectivity index (χ1n) is 10.9. The maximum atomic E-state index is 14.6. The van der Waals surface area contributed by atoms with E-state index in [9.17, 15) is 19.6 Å². The van der Waals surface area contributed by atoms with E-state index >= 15 is 0 Å². The smallest absolute Gasteiger partial charge is 0.266 e. The Morgan fingerprint density at radius 1 is 1.21 bits per heavy atom. The van der Waals surface area contributed by atoms with E-state index in [2.05, 4.69) is 11.4 Å². The zero-order valence-electron chi connectivity index (χ0n) is 18.4. The van der Waals surface area contributed by atoms with E-state index in [0.29, 0.717) is 33.7 Å². The van der Waals surface area contributed by atoms with Crippen LogP contribution in [0.3, 0.4) is 0 Å². The number of fused-ring (bicyclic) bond motifs is 1. The first-order chi connectivity index (χ1) is 16.5. The summed E-state index contributed by atoms with van der Waals surface area (Å²) in [7, 11) is 1.38. The number of phenols is 1. The average Bonchev–Trinajstić information content (AvgIpc) is 3.39. The minimum absolute atomic E-state index is 0.0764. The molecule has 0 radical (unpaired) electrons. The highest BCUT2D eigenvalue weighted by Gasteiger charge is 2.25. The fourth-order valence-electron chi connectivity index (χ4n) is 4.42. The van der Waals surface area contributed by atoms with Gasteiger partial charge >= 0.3 is 0 Å². The Hall–Kier alpha value is -4.22. The van der Waals surface area contributed by atoms with E-state index in [1.54, 1.807) is 36.4 Å². The average molecular weight is 456 g/mol. The van der Waals surface area contributed by atoms with E-state index in [1.807, 2.05) is 0 Å². The van der Waals surface area contributed by atoms with E-state index in [1.165, 1.54) is 29.9 Å². The lowest BCUT2D eigenvalue weighted by Gasteiger charge is -2.20. The molecule has 1 atom stereocenters. The first-order valence-corrected chi connectivity index (χ1v) is 10.9. The number of hydrogen-bond acceptors (Lipinski definition) is 6. The maximum absolute atomic E-state index is 14.6. The molecule has 34 heavy (non-hydrogen) atoms. The number of rotatable bonds is 4. The van der Waals surface area contributed by atoms with E-state index in [0.717, 1.165) is 19.4 Å². The minimum Gasteiger partial charge on any atom is -0.508 e. The van der Waals surface area contributed by atoms with Gasteiger partial charge in [0.1, 0.15) is 11.6 Å². The molecule has 4 aromatic rings. The van der Waals surface area contributed by atoms with Gasteiger partial charge in [-0.15, -0.1) is 0 Å². The van der Waals surface area contributed by atoms with Crippen LogP contribution in [-0.2, 0) is 0 Å². The minimum atomic E-state index is -0.590. The van der Waals surface area contributed by atoms with Gasteiger partial charge in [0.2, 0.25) is 0 Å². The molecule has 170 valence electrons. The summed E-state index contributed by atoms with van der Waals surface area (Å²) < 4.78 is 21.0. The van der Waals surface area contributed by atoms with E-state index in [-0.39, 0.29) is 22.9 Å². The number of methoxy groups -OCH3 is 1. The zero-order valence-corrected chi connectivity index (χ0v) is 18.4. The van der Waals surface area contributed by atoms with Gasteiger partial charge in [0.05, 0.1) is 41.4 Å². The quantitative estimate of drug-likeness (QED) is 0.477. The molecule has 8 heteroatoms. The molecule has 1 aliphatic rings. The van der Waals surface area contributed by atoms with Crippen molar-refractivity contribution in [3.05, 3.63) is 82.2 Å². The van der Waals surface area contributed by atoms with Crippen LogP contribution in [0.25, 0.3) is 27.7 Å². The number of nitrogens with zero attached hydrogens (tertiary/aromatic N) is 3. The molecule has 1 saturated heterocycles. The lowest BCUT2D eigenvalue weighted by molar-refractivity contribution is 0.386. The van der Waals surface area contributed by atoms with E-state index < -0.39 is 11.4 Å². The lowest BCUT2D eigenvalue weighted by Crippen LogP contribution is -2.29. The third-order valence-electron chi connectivity index (χ3n) is 6.07. The summed E-state index contributed by atoms with van der Waals surface area (Å²) in [6, 6.07) is 16.0. The first kappa shape index (κ1) is 21.6. The summed E-state index contributed by atoms with van der Waals surface area (Å²) in [5.41, 5.74) is 2.01. The van der Waals surface area contributed by atoms with E-state index in [4.69, 9.17) is 9.72 Å². The van der Waals surface area contributed by atoms with Crippen molar-refractivity contribution < 1.29 is 14.2 Å². The van der Waals surface area contributed by atoms with Crippen molar-refractivity contribution in [2.24, 2.45) is 0 Å². The third kappa shape index (κ3) is 3.66. The highest BCUT2D eigenvalue weighted by atomic mass is 19.1. The topological polar surface area (TPSA) is 100 Å². The number of aromatic nitrogens is 2. The molecule has 0 aliphatic carbocycles. The van der Waals surface area contributed by atoms with Crippen molar-refractivity contribution in [3.8, 4) is 34.4 Å². The van der Waals surface area contributed by atoms with Gasteiger partial charge in [-0.25, -0.2) is 9.37 Å².